The third-order valence-corrected chi connectivity index (χ3v) is 5.14. The molecule has 0 radical (unpaired) electrons. The summed E-state index contributed by atoms with van der Waals surface area (Å²) in [6.45, 7) is 1.94. The zero-order valence-electron chi connectivity index (χ0n) is 12.3. The van der Waals surface area contributed by atoms with Gasteiger partial charge in [0.2, 0.25) is 0 Å². The fourth-order valence-corrected chi connectivity index (χ4v) is 4.00. The standard InChI is InChI=1S/C19H22N2/c20-13-14-9-10-21-18-8-4-2-6-16(18)12-15-5-1-3-7-17(15)19(21)11-14/h1-8,14,19H,9-13,20H2. The van der Waals surface area contributed by atoms with Crippen molar-refractivity contribution in [3.05, 3.63) is 65.2 Å². The fraction of sp³-hybridized carbons (Fsp3) is 0.368. The molecule has 21 heavy (non-hydrogen) atoms. The van der Waals surface area contributed by atoms with Crippen molar-refractivity contribution >= 4 is 5.69 Å². The van der Waals surface area contributed by atoms with Crippen LogP contribution in [0.15, 0.2) is 48.5 Å². The normalized spacial score (nSPS) is 23.8. The molecule has 108 valence electrons. The second-order valence-electron chi connectivity index (χ2n) is 6.34. The number of piperidine rings is 1. The Morgan fingerprint density at radius 2 is 1.76 bits per heavy atom. The molecule has 0 saturated carbocycles. The minimum absolute atomic E-state index is 0.493. The lowest BCUT2D eigenvalue weighted by Gasteiger charge is -2.41. The lowest BCUT2D eigenvalue weighted by Crippen LogP contribution is -2.39. The number of benzene rings is 2. The molecular formula is C19H22N2. The van der Waals surface area contributed by atoms with E-state index in [4.69, 9.17) is 5.73 Å². The van der Waals surface area contributed by atoms with Gasteiger partial charge in [0.05, 0.1) is 6.04 Å². The third-order valence-electron chi connectivity index (χ3n) is 5.14. The first kappa shape index (κ1) is 12.9. The van der Waals surface area contributed by atoms with Gasteiger partial charge in [0.25, 0.3) is 0 Å². The van der Waals surface area contributed by atoms with Gasteiger partial charge in [0.1, 0.15) is 0 Å². The zero-order valence-corrected chi connectivity index (χ0v) is 12.3. The predicted molar refractivity (Wildman–Crippen MR) is 87.6 cm³/mol. The van der Waals surface area contributed by atoms with Crippen LogP contribution in [-0.2, 0) is 6.42 Å². The number of nitrogens with zero attached hydrogens (tertiary/aromatic N) is 1. The van der Waals surface area contributed by atoms with Crippen LogP contribution in [0.2, 0.25) is 0 Å². The summed E-state index contributed by atoms with van der Waals surface area (Å²) in [5, 5.41) is 0. The topological polar surface area (TPSA) is 29.3 Å². The van der Waals surface area contributed by atoms with Crippen LogP contribution < -0.4 is 10.6 Å². The van der Waals surface area contributed by atoms with Crippen molar-refractivity contribution in [3.8, 4) is 0 Å². The number of fused-ring (bicyclic) bond motifs is 5. The maximum absolute atomic E-state index is 5.96. The molecule has 0 aromatic heterocycles. The van der Waals surface area contributed by atoms with Crippen molar-refractivity contribution in [2.45, 2.75) is 25.3 Å². The van der Waals surface area contributed by atoms with E-state index in [1.807, 2.05) is 0 Å². The minimum Gasteiger partial charge on any atom is -0.364 e. The highest BCUT2D eigenvalue weighted by Crippen LogP contribution is 2.43. The van der Waals surface area contributed by atoms with Crippen LogP contribution in [0, 0.1) is 5.92 Å². The van der Waals surface area contributed by atoms with Crippen molar-refractivity contribution in [2.75, 3.05) is 18.0 Å². The van der Waals surface area contributed by atoms with Crippen LogP contribution in [0.1, 0.15) is 35.6 Å². The minimum atomic E-state index is 0.493. The van der Waals surface area contributed by atoms with E-state index in [0.717, 1.165) is 19.5 Å². The second-order valence-corrected chi connectivity index (χ2v) is 6.34. The molecule has 2 heterocycles. The molecule has 2 aromatic rings. The summed E-state index contributed by atoms with van der Waals surface area (Å²) in [6.07, 6.45) is 3.44. The number of para-hydroxylation sites is 1. The van der Waals surface area contributed by atoms with E-state index >= 15 is 0 Å². The summed E-state index contributed by atoms with van der Waals surface area (Å²) in [6, 6.07) is 18.3. The van der Waals surface area contributed by atoms with Gasteiger partial charge in [-0.3, -0.25) is 0 Å². The summed E-state index contributed by atoms with van der Waals surface area (Å²) in [5.41, 5.74) is 11.8. The Kier molecular flexibility index (Phi) is 3.19. The number of hydrogen-bond donors (Lipinski definition) is 1. The molecule has 2 aromatic carbocycles. The molecule has 0 amide bonds. The molecular weight excluding hydrogens is 256 g/mol. The monoisotopic (exact) mass is 278 g/mol. The fourth-order valence-electron chi connectivity index (χ4n) is 4.00. The predicted octanol–water partition coefficient (Wildman–Crippen LogP) is 3.51. The van der Waals surface area contributed by atoms with Crippen molar-refractivity contribution in [1.29, 1.82) is 0 Å². The van der Waals surface area contributed by atoms with E-state index in [2.05, 4.69) is 53.4 Å². The van der Waals surface area contributed by atoms with Gasteiger partial charge in [-0.25, -0.2) is 0 Å². The van der Waals surface area contributed by atoms with Crippen LogP contribution in [0.4, 0.5) is 5.69 Å². The molecule has 2 aliphatic rings. The molecule has 1 saturated heterocycles. The quantitative estimate of drug-likeness (QED) is 0.865. The average molecular weight is 278 g/mol. The van der Waals surface area contributed by atoms with E-state index in [1.54, 1.807) is 0 Å². The van der Waals surface area contributed by atoms with Crippen LogP contribution in [0.5, 0.6) is 0 Å². The van der Waals surface area contributed by atoms with E-state index in [0.29, 0.717) is 12.0 Å². The van der Waals surface area contributed by atoms with Crippen molar-refractivity contribution < 1.29 is 0 Å². The Bertz CT molecular complexity index is 650. The maximum atomic E-state index is 5.96. The van der Waals surface area contributed by atoms with Gasteiger partial charge in [0.15, 0.2) is 0 Å². The number of anilines is 1. The molecule has 2 atom stereocenters. The first-order chi connectivity index (χ1) is 10.4. The average Bonchev–Trinajstić information content (AvgIpc) is 2.69. The van der Waals surface area contributed by atoms with Gasteiger partial charge in [-0.2, -0.15) is 0 Å². The first-order valence-electron chi connectivity index (χ1n) is 7.99. The lowest BCUT2D eigenvalue weighted by molar-refractivity contribution is 0.352. The van der Waals surface area contributed by atoms with Gasteiger partial charge < -0.3 is 10.6 Å². The largest absolute Gasteiger partial charge is 0.364 e. The number of rotatable bonds is 1. The highest BCUT2D eigenvalue weighted by Gasteiger charge is 2.33. The molecule has 0 aliphatic carbocycles. The Labute approximate surface area is 126 Å². The van der Waals surface area contributed by atoms with Crippen molar-refractivity contribution in [2.24, 2.45) is 11.7 Å². The van der Waals surface area contributed by atoms with E-state index in [1.165, 1.54) is 35.2 Å². The van der Waals surface area contributed by atoms with Gasteiger partial charge in [-0.05, 0) is 54.5 Å². The zero-order chi connectivity index (χ0) is 14.2. The van der Waals surface area contributed by atoms with Gasteiger partial charge in [0, 0.05) is 12.2 Å². The number of nitrogens with two attached hydrogens (primary N) is 1. The van der Waals surface area contributed by atoms with Gasteiger partial charge in [-0.15, -0.1) is 0 Å². The molecule has 0 spiro atoms. The molecule has 1 fully saturated rings. The summed E-state index contributed by atoms with van der Waals surface area (Å²) < 4.78 is 0. The van der Waals surface area contributed by atoms with E-state index < -0.39 is 0 Å². The van der Waals surface area contributed by atoms with E-state index in [9.17, 15) is 0 Å². The van der Waals surface area contributed by atoms with Crippen LogP contribution >= 0.6 is 0 Å². The molecule has 2 N–H and O–H groups in total. The maximum Gasteiger partial charge on any atom is 0.0548 e. The van der Waals surface area contributed by atoms with Crippen molar-refractivity contribution in [1.82, 2.24) is 0 Å². The highest BCUT2D eigenvalue weighted by molar-refractivity contribution is 5.60. The third kappa shape index (κ3) is 2.14. The molecule has 2 unspecified atom stereocenters. The first-order valence-corrected chi connectivity index (χ1v) is 7.99. The van der Waals surface area contributed by atoms with Crippen LogP contribution in [0.3, 0.4) is 0 Å². The van der Waals surface area contributed by atoms with E-state index in [-0.39, 0.29) is 0 Å². The Morgan fingerprint density at radius 1 is 1.00 bits per heavy atom. The summed E-state index contributed by atoms with van der Waals surface area (Å²) in [5.74, 6) is 0.657. The molecule has 0 bridgehead atoms. The van der Waals surface area contributed by atoms with Crippen LogP contribution in [-0.4, -0.2) is 13.1 Å². The lowest BCUT2D eigenvalue weighted by atomic mass is 9.86. The summed E-state index contributed by atoms with van der Waals surface area (Å²) in [4.78, 5) is 2.62. The molecule has 2 nitrogen and oxygen atoms in total. The Morgan fingerprint density at radius 3 is 2.62 bits per heavy atom. The summed E-state index contributed by atoms with van der Waals surface area (Å²) >= 11 is 0. The molecule has 4 rings (SSSR count). The number of hydrogen-bond acceptors (Lipinski definition) is 2. The molecule has 2 heteroatoms. The van der Waals surface area contributed by atoms with Gasteiger partial charge >= 0.3 is 0 Å². The van der Waals surface area contributed by atoms with Gasteiger partial charge in [-0.1, -0.05) is 42.5 Å². The van der Waals surface area contributed by atoms with Crippen molar-refractivity contribution in [3.63, 3.8) is 0 Å². The second kappa shape index (κ2) is 5.19. The SMILES string of the molecule is NCC1CCN2c3ccccc3Cc3ccccc3C2C1. The Balaban J connectivity index is 1.86. The summed E-state index contributed by atoms with van der Waals surface area (Å²) in [7, 11) is 0. The Hall–Kier alpha value is -1.80. The van der Waals surface area contributed by atoms with Crippen LogP contribution in [0.25, 0.3) is 0 Å². The highest BCUT2D eigenvalue weighted by atomic mass is 15.2. The smallest absolute Gasteiger partial charge is 0.0548 e. The molecule has 2 aliphatic heterocycles.